The van der Waals surface area contributed by atoms with Crippen LogP contribution in [0.4, 0.5) is 0 Å². The lowest BCUT2D eigenvalue weighted by Crippen LogP contribution is -1.93. The van der Waals surface area contributed by atoms with Gasteiger partial charge in [-0.15, -0.1) is 0 Å². The SMILES string of the molecule is Clc1ccc(-c2ccc3c(c2)c2ccccc2n3-c2ccc(-c3ccccc3)cc2)cc1. The fourth-order valence-corrected chi connectivity index (χ4v) is 4.63. The van der Waals surface area contributed by atoms with E-state index in [1.54, 1.807) is 0 Å². The first-order valence-corrected chi connectivity index (χ1v) is 11.1. The van der Waals surface area contributed by atoms with Gasteiger partial charge >= 0.3 is 0 Å². The molecule has 2 heteroatoms. The van der Waals surface area contributed by atoms with Gasteiger partial charge in [0.2, 0.25) is 0 Å². The number of hydrogen-bond donors (Lipinski definition) is 0. The number of hydrogen-bond acceptors (Lipinski definition) is 0. The van der Waals surface area contributed by atoms with Crippen molar-refractivity contribution in [2.45, 2.75) is 0 Å². The Hall–Kier alpha value is -3.81. The van der Waals surface area contributed by atoms with Crippen molar-refractivity contribution in [1.82, 2.24) is 4.57 Å². The zero-order chi connectivity index (χ0) is 21.5. The Kier molecular flexibility index (Phi) is 4.56. The van der Waals surface area contributed by atoms with Crippen LogP contribution in [0, 0.1) is 0 Å². The molecule has 5 aromatic carbocycles. The van der Waals surface area contributed by atoms with Gasteiger partial charge in [-0.1, -0.05) is 90.5 Å². The third-order valence-corrected chi connectivity index (χ3v) is 6.33. The third-order valence-electron chi connectivity index (χ3n) is 6.08. The Bertz CT molecular complexity index is 1540. The topological polar surface area (TPSA) is 4.93 Å². The van der Waals surface area contributed by atoms with Gasteiger partial charge in [0.05, 0.1) is 11.0 Å². The molecule has 0 unspecified atom stereocenters. The summed E-state index contributed by atoms with van der Waals surface area (Å²) in [6, 6.07) is 42.7. The molecule has 0 atom stereocenters. The molecule has 152 valence electrons. The number of fused-ring (bicyclic) bond motifs is 3. The van der Waals surface area contributed by atoms with E-state index in [0.717, 1.165) is 10.7 Å². The van der Waals surface area contributed by atoms with E-state index >= 15 is 0 Å². The number of rotatable bonds is 3. The van der Waals surface area contributed by atoms with E-state index in [9.17, 15) is 0 Å². The first-order chi connectivity index (χ1) is 15.8. The maximum Gasteiger partial charge on any atom is 0.0541 e. The highest BCUT2D eigenvalue weighted by Crippen LogP contribution is 2.35. The van der Waals surface area contributed by atoms with Crippen LogP contribution in [-0.4, -0.2) is 4.57 Å². The Morgan fingerprint density at radius 3 is 1.78 bits per heavy atom. The molecular formula is C30H20ClN. The first kappa shape index (κ1) is 18.9. The number of para-hydroxylation sites is 1. The molecule has 1 aromatic heterocycles. The van der Waals surface area contributed by atoms with Crippen molar-refractivity contribution in [3.05, 3.63) is 126 Å². The van der Waals surface area contributed by atoms with Crippen LogP contribution in [0.1, 0.15) is 0 Å². The first-order valence-electron chi connectivity index (χ1n) is 10.7. The number of nitrogens with zero attached hydrogens (tertiary/aromatic N) is 1. The molecule has 32 heavy (non-hydrogen) atoms. The molecule has 0 radical (unpaired) electrons. The summed E-state index contributed by atoms with van der Waals surface area (Å²) >= 11 is 6.09. The van der Waals surface area contributed by atoms with Gasteiger partial charge in [-0.05, 0) is 64.7 Å². The maximum atomic E-state index is 6.09. The molecule has 0 aliphatic heterocycles. The van der Waals surface area contributed by atoms with Crippen molar-refractivity contribution in [2.75, 3.05) is 0 Å². The van der Waals surface area contributed by atoms with Gasteiger partial charge in [-0.3, -0.25) is 0 Å². The highest BCUT2D eigenvalue weighted by Gasteiger charge is 2.13. The molecule has 0 spiro atoms. The highest BCUT2D eigenvalue weighted by molar-refractivity contribution is 6.30. The summed E-state index contributed by atoms with van der Waals surface area (Å²) in [7, 11) is 0. The summed E-state index contributed by atoms with van der Waals surface area (Å²) in [4.78, 5) is 0. The summed E-state index contributed by atoms with van der Waals surface area (Å²) in [6.07, 6.45) is 0. The van der Waals surface area contributed by atoms with Crippen molar-refractivity contribution >= 4 is 33.4 Å². The summed E-state index contributed by atoms with van der Waals surface area (Å²) in [6.45, 7) is 0. The molecule has 0 saturated heterocycles. The predicted octanol–water partition coefficient (Wildman–Crippen LogP) is 8.77. The number of halogens is 1. The molecule has 6 rings (SSSR count). The van der Waals surface area contributed by atoms with Gasteiger partial charge in [0, 0.05) is 21.5 Å². The molecule has 0 aliphatic rings. The summed E-state index contributed by atoms with van der Waals surface area (Å²) < 4.78 is 2.35. The lowest BCUT2D eigenvalue weighted by atomic mass is 10.0. The van der Waals surface area contributed by atoms with Crippen molar-refractivity contribution in [2.24, 2.45) is 0 Å². The van der Waals surface area contributed by atoms with Gasteiger partial charge in [0.1, 0.15) is 0 Å². The van der Waals surface area contributed by atoms with Crippen molar-refractivity contribution in [1.29, 1.82) is 0 Å². The minimum Gasteiger partial charge on any atom is -0.309 e. The van der Waals surface area contributed by atoms with Crippen LogP contribution < -0.4 is 0 Å². The molecule has 0 amide bonds. The van der Waals surface area contributed by atoms with E-state index in [0.29, 0.717) is 0 Å². The van der Waals surface area contributed by atoms with Crippen LogP contribution in [0.3, 0.4) is 0 Å². The smallest absolute Gasteiger partial charge is 0.0541 e. The fourth-order valence-electron chi connectivity index (χ4n) is 4.51. The van der Waals surface area contributed by atoms with Crippen molar-refractivity contribution in [3.8, 4) is 27.9 Å². The highest BCUT2D eigenvalue weighted by atomic mass is 35.5. The lowest BCUT2D eigenvalue weighted by Gasteiger charge is -2.10. The van der Waals surface area contributed by atoms with Gasteiger partial charge in [0.15, 0.2) is 0 Å². The molecule has 0 bridgehead atoms. The van der Waals surface area contributed by atoms with Crippen molar-refractivity contribution < 1.29 is 0 Å². The zero-order valence-corrected chi connectivity index (χ0v) is 18.1. The normalized spacial score (nSPS) is 11.3. The second kappa shape index (κ2) is 7.71. The summed E-state index contributed by atoms with van der Waals surface area (Å²) in [5.41, 5.74) is 8.39. The number of benzene rings is 5. The standard InChI is InChI=1S/C30H20ClN/c31-25-15-10-23(11-16-25)24-14-19-30-28(20-24)27-8-4-5-9-29(27)32(30)26-17-12-22(13-18-26)21-6-2-1-3-7-21/h1-20H. The van der Waals surface area contributed by atoms with E-state index in [2.05, 4.69) is 108 Å². The van der Waals surface area contributed by atoms with Crippen LogP contribution in [0.5, 0.6) is 0 Å². The third kappa shape index (κ3) is 3.19. The van der Waals surface area contributed by atoms with Crippen LogP contribution >= 0.6 is 11.6 Å². The van der Waals surface area contributed by atoms with Crippen LogP contribution in [0.25, 0.3) is 49.7 Å². The van der Waals surface area contributed by atoms with Gasteiger partial charge < -0.3 is 4.57 Å². The Balaban J connectivity index is 1.53. The van der Waals surface area contributed by atoms with Crippen LogP contribution in [-0.2, 0) is 0 Å². The minimum atomic E-state index is 0.755. The van der Waals surface area contributed by atoms with Gasteiger partial charge in [0.25, 0.3) is 0 Å². The molecule has 0 aliphatic carbocycles. The average Bonchev–Trinajstić information content (AvgIpc) is 3.19. The van der Waals surface area contributed by atoms with E-state index < -0.39 is 0 Å². The van der Waals surface area contributed by atoms with Crippen LogP contribution in [0.15, 0.2) is 121 Å². The Morgan fingerprint density at radius 1 is 0.438 bits per heavy atom. The van der Waals surface area contributed by atoms with E-state index in [4.69, 9.17) is 11.6 Å². The zero-order valence-electron chi connectivity index (χ0n) is 17.4. The molecule has 6 aromatic rings. The maximum absolute atomic E-state index is 6.09. The van der Waals surface area contributed by atoms with Gasteiger partial charge in [-0.25, -0.2) is 0 Å². The molecule has 0 fully saturated rings. The van der Waals surface area contributed by atoms with E-state index in [1.165, 1.54) is 44.1 Å². The van der Waals surface area contributed by atoms with Gasteiger partial charge in [-0.2, -0.15) is 0 Å². The average molecular weight is 430 g/mol. The van der Waals surface area contributed by atoms with E-state index in [-0.39, 0.29) is 0 Å². The molecule has 1 heterocycles. The van der Waals surface area contributed by atoms with E-state index in [1.807, 2.05) is 18.2 Å². The second-order valence-electron chi connectivity index (χ2n) is 8.00. The minimum absolute atomic E-state index is 0.755. The summed E-state index contributed by atoms with van der Waals surface area (Å²) in [5, 5.41) is 3.26. The number of aromatic nitrogens is 1. The quantitative estimate of drug-likeness (QED) is 0.265. The largest absolute Gasteiger partial charge is 0.309 e. The van der Waals surface area contributed by atoms with Crippen LogP contribution in [0.2, 0.25) is 5.02 Å². The van der Waals surface area contributed by atoms with Crippen molar-refractivity contribution in [3.63, 3.8) is 0 Å². The summed E-state index contributed by atoms with van der Waals surface area (Å²) in [5.74, 6) is 0. The molecule has 0 N–H and O–H groups in total. The second-order valence-corrected chi connectivity index (χ2v) is 8.44. The predicted molar refractivity (Wildman–Crippen MR) is 137 cm³/mol. The monoisotopic (exact) mass is 429 g/mol. The molecular weight excluding hydrogens is 410 g/mol. The fraction of sp³-hybridized carbons (Fsp3) is 0. The Morgan fingerprint density at radius 2 is 1.00 bits per heavy atom. The molecule has 1 nitrogen and oxygen atoms in total. The lowest BCUT2D eigenvalue weighted by molar-refractivity contribution is 1.18. The Labute approximate surface area is 192 Å². The molecule has 0 saturated carbocycles.